The third-order valence-electron chi connectivity index (χ3n) is 11.2. The van der Waals surface area contributed by atoms with E-state index in [1.807, 2.05) is 26.0 Å². The fourth-order valence-corrected chi connectivity index (χ4v) is 8.25. The summed E-state index contributed by atoms with van der Waals surface area (Å²) < 4.78 is 11.8. The number of benzene rings is 6. The maximum atomic E-state index is 5.88. The Morgan fingerprint density at radius 1 is 0.450 bits per heavy atom. The van der Waals surface area contributed by atoms with Gasteiger partial charge in [-0.25, -0.2) is 0 Å². The average Bonchev–Trinajstić information content (AvgIpc) is 4.03. The standard InChI is InChI=1S/2C26H21O.C2H6Si.2ClH.Zr/c2*1-16-13-20-14-21(25-12-11-17(2)27-25)15-24(20)26(18(16)3)23-10-6-8-19-7-4-5-9-22(19)23;1-3-2;;;/h2*4-15H,1-3H3;1-2H3;2*1H;/q2*-1;;;;+2. The van der Waals surface area contributed by atoms with Crippen LogP contribution in [0.1, 0.15) is 33.8 Å². The molecule has 10 rings (SSSR count). The fourth-order valence-electron chi connectivity index (χ4n) is 8.25. The molecular formula is C54H50Cl2O2SiZr. The topological polar surface area (TPSA) is 26.3 Å². The van der Waals surface area contributed by atoms with E-state index in [4.69, 9.17) is 8.83 Å². The van der Waals surface area contributed by atoms with Crippen molar-refractivity contribution in [2.24, 2.45) is 0 Å². The molecule has 0 radical (unpaired) electrons. The van der Waals surface area contributed by atoms with Gasteiger partial charge in [0.05, 0.1) is 23.0 Å². The summed E-state index contributed by atoms with van der Waals surface area (Å²) in [6.45, 7) is 17.5. The summed E-state index contributed by atoms with van der Waals surface area (Å²) in [5, 5.41) is 10.3. The van der Waals surface area contributed by atoms with Gasteiger partial charge in [-0.1, -0.05) is 118 Å². The predicted molar refractivity (Wildman–Crippen MR) is 261 cm³/mol. The number of halogens is 2. The first-order valence-corrected chi connectivity index (χ1v) is 26.2. The van der Waals surface area contributed by atoms with Gasteiger partial charge >= 0.3 is 41.9 Å². The van der Waals surface area contributed by atoms with Gasteiger partial charge in [-0.3, -0.25) is 0 Å². The van der Waals surface area contributed by atoms with Crippen molar-refractivity contribution in [3.63, 3.8) is 0 Å². The molecule has 0 atom stereocenters. The van der Waals surface area contributed by atoms with Gasteiger partial charge in [-0.05, 0) is 110 Å². The summed E-state index contributed by atoms with van der Waals surface area (Å²) in [6, 6.07) is 52.2. The summed E-state index contributed by atoms with van der Waals surface area (Å²) in [5.41, 5.74) is 13.1. The Bertz CT molecular complexity index is 2920. The van der Waals surface area contributed by atoms with Crippen molar-refractivity contribution < 1.29 is 32.2 Å². The first-order chi connectivity index (χ1) is 28.0. The van der Waals surface area contributed by atoms with Gasteiger partial charge in [-0.2, -0.15) is 0 Å². The van der Waals surface area contributed by atoms with E-state index in [9.17, 15) is 0 Å². The number of fused-ring (bicyclic) bond motifs is 4. The van der Waals surface area contributed by atoms with Gasteiger partial charge in [0.15, 0.2) is 0 Å². The fraction of sp³-hybridized carbons (Fsp3) is 0.148. The first-order valence-electron chi connectivity index (χ1n) is 20.0. The number of hydrogen-bond donors (Lipinski definition) is 0. The minimum absolute atomic E-state index is 0. The summed E-state index contributed by atoms with van der Waals surface area (Å²) in [6.07, 6.45) is 0. The van der Waals surface area contributed by atoms with Crippen LogP contribution in [0.4, 0.5) is 0 Å². The van der Waals surface area contributed by atoms with Crippen LogP contribution in [0.5, 0.6) is 0 Å². The van der Waals surface area contributed by atoms with Gasteiger partial charge in [0, 0.05) is 0 Å². The van der Waals surface area contributed by atoms with Crippen LogP contribution in [0.2, 0.25) is 13.1 Å². The molecule has 0 amide bonds. The van der Waals surface area contributed by atoms with Crippen molar-refractivity contribution in [2.45, 2.75) is 54.6 Å². The van der Waals surface area contributed by atoms with Crippen LogP contribution < -0.4 is 0 Å². The number of furan rings is 2. The van der Waals surface area contributed by atoms with Crippen LogP contribution in [0.15, 0.2) is 154 Å². The molecule has 0 saturated heterocycles. The molecule has 10 aromatic rings. The maximum absolute atomic E-state index is 5.88. The van der Waals surface area contributed by atoms with Crippen molar-refractivity contribution >= 4 is 73.3 Å². The van der Waals surface area contributed by atoms with Crippen molar-refractivity contribution in [3.8, 4) is 44.9 Å². The Morgan fingerprint density at radius 3 is 1.18 bits per heavy atom. The smallest absolute Gasteiger partial charge is 0.0896 e. The molecule has 2 nitrogen and oxygen atoms in total. The van der Waals surface area contributed by atoms with Gasteiger partial charge in [0.25, 0.3) is 0 Å². The molecule has 0 aliphatic heterocycles. The summed E-state index contributed by atoms with van der Waals surface area (Å²) in [7, 11) is 0. The zero-order valence-electron chi connectivity index (χ0n) is 35.5. The van der Waals surface area contributed by atoms with E-state index in [0.29, 0.717) is 0 Å². The van der Waals surface area contributed by atoms with E-state index in [2.05, 4.69) is 174 Å². The summed E-state index contributed by atoms with van der Waals surface area (Å²) in [5.74, 6) is 3.75. The van der Waals surface area contributed by atoms with Gasteiger partial charge in [-0.15, -0.1) is 82.8 Å². The third kappa shape index (κ3) is 9.00. The van der Waals surface area contributed by atoms with Crippen LogP contribution in [-0.2, 0) is 23.3 Å². The van der Waals surface area contributed by atoms with Crippen molar-refractivity contribution in [1.29, 1.82) is 0 Å². The molecule has 2 heterocycles. The average molecular weight is 921 g/mol. The zero-order valence-corrected chi connectivity index (χ0v) is 40.6. The largest absolute Gasteiger partial charge is 0.496 e. The third-order valence-corrected chi connectivity index (χ3v) is 11.2. The Kier molecular flexibility index (Phi) is 14.1. The molecule has 0 aliphatic carbocycles. The van der Waals surface area contributed by atoms with Gasteiger partial charge in [0.2, 0.25) is 0 Å². The van der Waals surface area contributed by atoms with Crippen molar-refractivity contribution in [2.75, 3.05) is 0 Å². The molecule has 0 aliphatic rings. The van der Waals surface area contributed by atoms with Crippen molar-refractivity contribution in [1.82, 2.24) is 0 Å². The van der Waals surface area contributed by atoms with E-state index in [-0.39, 0.29) is 30.2 Å². The number of rotatable bonds is 4. The summed E-state index contributed by atoms with van der Waals surface area (Å²) in [4.78, 5) is 0. The van der Waals surface area contributed by atoms with Crippen LogP contribution >= 0.6 is 24.8 Å². The van der Waals surface area contributed by atoms with Gasteiger partial charge in [0.1, 0.15) is 0 Å². The minimum Gasteiger partial charge on any atom is -0.496 e. The quantitative estimate of drug-likeness (QED) is 0.130. The van der Waals surface area contributed by atoms with E-state index >= 15 is 0 Å². The molecule has 0 spiro atoms. The zero-order chi connectivity index (χ0) is 40.7. The molecule has 0 fully saturated rings. The molecule has 0 unspecified atom stereocenters. The van der Waals surface area contributed by atoms with E-state index in [1.54, 1.807) is 23.3 Å². The van der Waals surface area contributed by atoms with E-state index in [0.717, 1.165) is 34.2 Å². The van der Waals surface area contributed by atoms with Crippen LogP contribution in [-0.4, -0.2) is 5.43 Å². The molecule has 0 saturated carbocycles. The Labute approximate surface area is 381 Å². The molecular weight excluding hydrogens is 871 g/mol. The normalized spacial score (nSPS) is 10.8. The van der Waals surface area contributed by atoms with Crippen LogP contribution in [0.3, 0.4) is 0 Å². The Hall–Kier alpha value is -4.70. The second-order valence-electron chi connectivity index (χ2n) is 15.8. The molecule has 0 N–H and O–H groups in total. The second-order valence-corrected chi connectivity index (χ2v) is 25.1. The summed E-state index contributed by atoms with van der Waals surface area (Å²) >= 11 is 1.74. The van der Waals surface area contributed by atoms with Crippen LogP contribution in [0, 0.1) is 41.5 Å². The monoisotopic (exact) mass is 918 g/mol. The Morgan fingerprint density at radius 2 is 0.817 bits per heavy atom. The number of hydrogen-bond acceptors (Lipinski definition) is 2. The predicted octanol–water partition coefficient (Wildman–Crippen LogP) is 16.8. The first kappa shape index (κ1) is 44.8. The molecule has 8 aromatic carbocycles. The van der Waals surface area contributed by atoms with Crippen LogP contribution in [0.25, 0.3) is 88.0 Å². The maximum Gasteiger partial charge on any atom is 0.0896 e. The van der Waals surface area contributed by atoms with E-state index < -0.39 is 0 Å². The number of aryl methyl sites for hydroxylation is 4. The SMILES string of the molecule is C[Si](C)=[Zr+2].Cc1ccc(-c2cc3c(-c4cccc5ccccc45)c(C)c(C)cc3[cH-]2)o1.Cc1ccc(-c2cc3c(-c4cccc5ccccc45)c(C)c(C)cc3[cH-]2)o1.Cl.Cl. The minimum atomic E-state index is 0. The molecule has 2 aromatic heterocycles. The molecule has 60 heavy (non-hydrogen) atoms. The molecule has 300 valence electrons. The second kappa shape index (κ2) is 18.9. The molecule has 0 bridgehead atoms. The van der Waals surface area contributed by atoms with Crippen molar-refractivity contribution in [3.05, 3.63) is 179 Å². The molecule has 6 heteroatoms. The van der Waals surface area contributed by atoms with E-state index in [1.165, 1.54) is 87.6 Å². The van der Waals surface area contributed by atoms with Gasteiger partial charge < -0.3 is 8.83 Å². The Balaban J connectivity index is 0.000000179.